The van der Waals surface area contributed by atoms with Gasteiger partial charge >= 0.3 is 12.1 Å². The fourth-order valence-electron chi connectivity index (χ4n) is 2.53. The van der Waals surface area contributed by atoms with Gasteiger partial charge in [0.25, 0.3) is 10.0 Å². The molecule has 0 aromatic carbocycles. The highest BCUT2D eigenvalue weighted by molar-refractivity contribution is 7.91. The van der Waals surface area contributed by atoms with Crippen molar-refractivity contribution in [2.75, 3.05) is 13.1 Å². The molecule has 1 aliphatic rings. The second-order valence-electron chi connectivity index (χ2n) is 6.78. The topological polar surface area (TPSA) is 74.7 Å². The van der Waals surface area contributed by atoms with Crippen molar-refractivity contribution in [3.05, 3.63) is 17.0 Å². The lowest BCUT2D eigenvalue weighted by Gasteiger charge is -2.18. The maximum absolute atomic E-state index is 13.0. The van der Waals surface area contributed by atoms with Crippen molar-refractivity contribution in [2.45, 2.75) is 36.6 Å². The van der Waals surface area contributed by atoms with Crippen molar-refractivity contribution in [1.82, 2.24) is 4.31 Å². The fourth-order valence-corrected chi connectivity index (χ4v) is 5.55. The minimum Gasteiger partial charge on any atom is -0.481 e. The molecule has 0 radical (unpaired) electrons. The molecule has 1 aromatic rings. The standard InChI is InChI=1S/C14H18F3NO4S2/c1-13(2,3)10-4-5-11(23-10)24(21,22)18-6-8(12(19)20)9(7-18)14(15,16)17/h4-5,8-9H,6-7H2,1-3H3,(H,19,20)/t8-,9-/m1/s1. The van der Waals surface area contributed by atoms with Gasteiger partial charge in [-0.3, -0.25) is 4.79 Å². The molecule has 0 unspecified atom stereocenters. The molecular formula is C14H18F3NO4S2. The van der Waals surface area contributed by atoms with Gasteiger partial charge in [-0.15, -0.1) is 11.3 Å². The Kier molecular flexibility index (Phi) is 4.79. The first-order valence-corrected chi connectivity index (χ1v) is 9.40. The molecule has 1 saturated heterocycles. The quantitative estimate of drug-likeness (QED) is 0.868. The van der Waals surface area contributed by atoms with E-state index in [1.807, 2.05) is 20.8 Å². The van der Waals surface area contributed by atoms with Gasteiger partial charge in [0, 0.05) is 18.0 Å². The van der Waals surface area contributed by atoms with Crippen LogP contribution in [0.25, 0.3) is 0 Å². The van der Waals surface area contributed by atoms with Crippen LogP contribution >= 0.6 is 11.3 Å². The first kappa shape index (κ1) is 19.2. The van der Waals surface area contributed by atoms with Gasteiger partial charge in [-0.25, -0.2) is 8.42 Å². The molecule has 1 aromatic heterocycles. The molecular weight excluding hydrogens is 367 g/mol. The number of nitrogens with zero attached hydrogens (tertiary/aromatic N) is 1. The smallest absolute Gasteiger partial charge is 0.393 e. The van der Waals surface area contributed by atoms with Crippen molar-refractivity contribution in [3.63, 3.8) is 0 Å². The van der Waals surface area contributed by atoms with E-state index in [9.17, 15) is 26.4 Å². The van der Waals surface area contributed by atoms with Crippen LogP contribution in [0, 0.1) is 11.8 Å². The highest BCUT2D eigenvalue weighted by Gasteiger charge is 2.55. The van der Waals surface area contributed by atoms with E-state index in [1.54, 1.807) is 6.07 Å². The first-order chi connectivity index (χ1) is 10.7. The number of carboxylic acid groups (broad SMARTS) is 1. The summed E-state index contributed by atoms with van der Waals surface area (Å²) >= 11 is 0.994. The number of alkyl halides is 3. The van der Waals surface area contributed by atoms with Crippen LogP contribution in [0.4, 0.5) is 13.2 Å². The SMILES string of the molecule is CC(C)(C)c1ccc(S(=O)(=O)N2C[C@@H](C(F)(F)F)[C@H](C(=O)O)C2)s1. The number of hydrogen-bond acceptors (Lipinski definition) is 4. The monoisotopic (exact) mass is 385 g/mol. The number of carbonyl (C=O) groups is 1. The van der Waals surface area contributed by atoms with E-state index < -0.39 is 47.1 Å². The average Bonchev–Trinajstić information content (AvgIpc) is 3.05. The summed E-state index contributed by atoms with van der Waals surface area (Å²) in [6.45, 7) is 4.14. The fraction of sp³-hybridized carbons (Fsp3) is 0.643. The Hall–Kier alpha value is -1.13. The number of thiophene rings is 1. The molecule has 1 N–H and O–H groups in total. The molecule has 136 valence electrons. The Morgan fingerprint density at radius 1 is 1.25 bits per heavy atom. The summed E-state index contributed by atoms with van der Waals surface area (Å²) in [5.41, 5.74) is -0.290. The van der Waals surface area contributed by atoms with Gasteiger partial charge in [0.1, 0.15) is 4.21 Å². The summed E-state index contributed by atoms with van der Waals surface area (Å²) in [5, 5.41) is 8.99. The van der Waals surface area contributed by atoms with Crippen LogP contribution in [0.15, 0.2) is 16.3 Å². The summed E-state index contributed by atoms with van der Waals surface area (Å²) in [4.78, 5) is 11.9. The third-order valence-electron chi connectivity index (χ3n) is 3.94. The van der Waals surface area contributed by atoms with Gasteiger partial charge in [0.2, 0.25) is 0 Å². The largest absolute Gasteiger partial charge is 0.481 e. The van der Waals surface area contributed by atoms with Crippen molar-refractivity contribution < 1.29 is 31.5 Å². The van der Waals surface area contributed by atoms with Crippen LogP contribution in [-0.4, -0.2) is 43.1 Å². The third-order valence-corrected chi connectivity index (χ3v) is 7.75. The first-order valence-electron chi connectivity index (χ1n) is 7.14. The Bertz CT molecular complexity index is 734. The summed E-state index contributed by atoms with van der Waals surface area (Å²) in [6, 6.07) is 2.99. The Labute approximate surface area is 142 Å². The lowest BCUT2D eigenvalue weighted by molar-refractivity contribution is -0.187. The molecule has 1 aliphatic heterocycles. The van der Waals surface area contributed by atoms with Crippen molar-refractivity contribution in [1.29, 1.82) is 0 Å². The van der Waals surface area contributed by atoms with Gasteiger partial charge in [0.15, 0.2) is 0 Å². The molecule has 0 saturated carbocycles. The van der Waals surface area contributed by atoms with Crippen LogP contribution < -0.4 is 0 Å². The summed E-state index contributed by atoms with van der Waals surface area (Å²) in [6.07, 6.45) is -4.76. The van der Waals surface area contributed by atoms with E-state index in [1.165, 1.54) is 6.07 Å². The molecule has 0 spiro atoms. The molecule has 2 atom stereocenters. The lowest BCUT2D eigenvalue weighted by atomic mass is 9.95. The predicted molar refractivity (Wildman–Crippen MR) is 82.4 cm³/mol. The maximum atomic E-state index is 13.0. The van der Waals surface area contributed by atoms with E-state index in [-0.39, 0.29) is 9.62 Å². The van der Waals surface area contributed by atoms with Crippen molar-refractivity contribution in [3.8, 4) is 0 Å². The number of hydrogen-bond donors (Lipinski definition) is 1. The second-order valence-corrected chi connectivity index (χ2v) is 10.0. The molecule has 2 rings (SSSR count). The van der Waals surface area contributed by atoms with E-state index >= 15 is 0 Å². The van der Waals surface area contributed by atoms with E-state index in [4.69, 9.17) is 5.11 Å². The number of rotatable bonds is 3. The zero-order valence-corrected chi connectivity index (χ0v) is 14.9. The molecule has 0 aliphatic carbocycles. The van der Waals surface area contributed by atoms with Crippen LogP contribution in [0.2, 0.25) is 0 Å². The lowest BCUT2D eigenvalue weighted by Crippen LogP contribution is -2.34. The third kappa shape index (κ3) is 3.60. The molecule has 1 fully saturated rings. The van der Waals surface area contributed by atoms with Crippen LogP contribution in [0.1, 0.15) is 25.6 Å². The molecule has 5 nitrogen and oxygen atoms in total. The van der Waals surface area contributed by atoms with Gasteiger partial charge < -0.3 is 5.11 Å². The Balaban J connectivity index is 2.34. The zero-order valence-electron chi connectivity index (χ0n) is 13.3. The van der Waals surface area contributed by atoms with Crippen LogP contribution in [0.3, 0.4) is 0 Å². The number of carboxylic acids is 1. The Morgan fingerprint density at radius 3 is 2.21 bits per heavy atom. The molecule has 0 bridgehead atoms. The molecule has 2 heterocycles. The number of halogens is 3. The highest BCUT2D eigenvalue weighted by atomic mass is 32.2. The molecule has 10 heteroatoms. The summed E-state index contributed by atoms with van der Waals surface area (Å²) < 4.78 is 64.8. The van der Waals surface area contributed by atoms with Gasteiger partial charge in [-0.1, -0.05) is 20.8 Å². The minimum absolute atomic E-state index is 0.0700. The predicted octanol–water partition coefficient (Wildman–Crippen LogP) is 2.93. The van der Waals surface area contributed by atoms with Crippen molar-refractivity contribution >= 4 is 27.3 Å². The molecule has 24 heavy (non-hydrogen) atoms. The van der Waals surface area contributed by atoms with Gasteiger partial charge in [0.05, 0.1) is 11.8 Å². The molecule has 0 amide bonds. The van der Waals surface area contributed by atoms with Crippen molar-refractivity contribution in [2.24, 2.45) is 11.8 Å². The normalized spacial score (nSPS) is 23.6. The van der Waals surface area contributed by atoms with E-state index in [0.717, 1.165) is 16.2 Å². The summed E-state index contributed by atoms with van der Waals surface area (Å²) in [5.74, 6) is -5.63. The minimum atomic E-state index is -4.76. The average molecular weight is 385 g/mol. The zero-order chi connectivity index (χ0) is 18.5. The van der Waals surface area contributed by atoms with E-state index in [2.05, 4.69) is 0 Å². The Morgan fingerprint density at radius 2 is 1.83 bits per heavy atom. The van der Waals surface area contributed by atoms with Crippen LogP contribution in [0.5, 0.6) is 0 Å². The maximum Gasteiger partial charge on any atom is 0.393 e. The second kappa shape index (κ2) is 5.99. The van der Waals surface area contributed by atoms with Crippen LogP contribution in [-0.2, 0) is 20.2 Å². The summed E-state index contributed by atoms with van der Waals surface area (Å²) in [7, 11) is -4.15. The highest BCUT2D eigenvalue weighted by Crippen LogP contribution is 2.41. The van der Waals surface area contributed by atoms with Gasteiger partial charge in [-0.2, -0.15) is 17.5 Å². The van der Waals surface area contributed by atoms with Gasteiger partial charge in [-0.05, 0) is 17.5 Å². The number of sulfonamides is 1. The van der Waals surface area contributed by atoms with E-state index in [0.29, 0.717) is 4.31 Å². The number of aliphatic carboxylic acids is 1.